The van der Waals surface area contributed by atoms with E-state index < -0.39 is 11.7 Å². The Hall–Kier alpha value is -1.26. The van der Waals surface area contributed by atoms with Crippen molar-refractivity contribution in [3.8, 4) is 0 Å². The molecule has 88 valence electrons. The Morgan fingerprint density at radius 1 is 1.27 bits per heavy atom. The van der Waals surface area contributed by atoms with Gasteiger partial charge in [0.1, 0.15) is 12.2 Å². The van der Waals surface area contributed by atoms with E-state index in [0.29, 0.717) is 6.42 Å². The van der Waals surface area contributed by atoms with Gasteiger partial charge in [-0.3, -0.25) is 4.79 Å². The molecule has 0 unspecified atom stereocenters. The number of amides is 1. The van der Waals surface area contributed by atoms with Crippen LogP contribution in [0.25, 0.3) is 0 Å². The summed E-state index contributed by atoms with van der Waals surface area (Å²) in [5, 5.41) is 2.48. The second-order valence-electron chi connectivity index (χ2n) is 4.00. The van der Waals surface area contributed by atoms with Gasteiger partial charge in [0.05, 0.1) is 6.54 Å². The maximum absolute atomic E-state index is 11.1. The van der Waals surface area contributed by atoms with E-state index in [0.717, 1.165) is 0 Å². The maximum atomic E-state index is 11.1. The summed E-state index contributed by atoms with van der Waals surface area (Å²) in [5.74, 6) is -0.277. The van der Waals surface area contributed by atoms with E-state index in [4.69, 9.17) is 9.47 Å². The minimum Gasteiger partial charge on any atom is -0.464 e. The highest BCUT2D eigenvalue weighted by Crippen LogP contribution is 2.05. The maximum Gasteiger partial charge on any atom is 0.407 e. The van der Waals surface area contributed by atoms with Gasteiger partial charge in [0.15, 0.2) is 0 Å². The molecule has 1 amide bonds. The first kappa shape index (κ1) is 13.7. The first-order valence-electron chi connectivity index (χ1n) is 4.97. The molecule has 0 saturated carbocycles. The van der Waals surface area contributed by atoms with Crippen LogP contribution in [0.1, 0.15) is 34.1 Å². The second-order valence-corrected chi connectivity index (χ2v) is 4.00. The highest BCUT2D eigenvalue weighted by molar-refractivity contribution is 5.69. The number of carbonyl (C=O) groups is 2. The number of ether oxygens (including phenoxy) is 2. The SMILES string of the molecule is CCC(=O)OCCNC(=O)OC(C)(C)C. The predicted octanol–water partition coefficient (Wildman–Crippen LogP) is 1.46. The number of alkyl carbamates (subject to hydrolysis) is 1. The van der Waals surface area contributed by atoms with Crippen molar-refractivity contribution in [1.29, 1.82) is 0 Å². The third-order valence-electron chi connectivity index (χ3n) is 1.32. The fraction of sp³-hybridized carbons (Fsp3) is 0.800. The molecular weight excluding hydrogens is 198 g/mol. The van der Waals surface area contributed by atoms with Crippen LogP contribution in [-0.2, 0) is 14.3 Å². The Balaban J connectivity index is 3.52. The molecule has 0 fully saturated rings. The zero-order valence-corrected chi connectivity index (χ0v) is 9.75. The van der Waals surface area contributed by atoms with Gasteiger partial charge in [-0.2, -0.15) is 0 Å². The van der Waals surface area contributed by atoms with Crippen LogP contribution in [0.5, 0.6) is 0 Å². The van der Waals surface area contributed by atoms with Gasteiger partial charge >= 0.3 is 12.1 Å². The van der Waals surface area contributed by atoms with Crippen molar-refractivity contribution in [3.05, 3.63) is 0 Å². The third kappa shape index (κ3) is 9.05. The number of carbonyl (C=O) groups excluding carboxylic acids is 2. The molecule has 5 nitrogen and oxygen atoms in total. The first-order chi connectivity index (χ1) is 6.85. The zero-order chi connectivity index (χ0) is 11.9. The fourth-order valence-electron chi connectivity index (χ4n) is 0.734. The molecule has 0 aliphatic rings. The summed E-state index contributed by atoms with van der Waals surface area (Å²) in [7, 11) is 0. The molecule has 0 aromatic heterocycles. The number of nitrogens with one attached hydrogen (secondary N) is 1. The summed E-state index contributed by atoms with van der Waals surface area (Å²) in [4.78, 5) is 21.8. The number of rotatable bonds is 4. The molecule has 0 spiro atoms. The molecule has 0 bridgehead atoms. The molecule has 0 aromatic carbocycles. The lowest BCUT2D eigenvalue weighted by Gasteiger charge is -2.19. The summed E-state index contributed by atoms with van der Waals surface area (Å²) in [6, 6.07) is 0. The molecule has 0 aliphatic carbocycles. The highest BCUT2D eigenvalue weighted by Gasteiger charge is 2.15. The Kier molecular flexibility index (Phi) is 5.74. The number of esters is 1. The lowest BCUT2D eigenvalue weighted by Crippen LogP contribution is -2.34. The molecule has 0 heterocycles. The smallest absolute Gasteiger partial charge is 0.407 e. The van der Waals surface area contributed by atoms with E-state index >= 15 is 0 Å². The van der Waals surface area contributed by atoms with Crippen molar-refractivity contribution in [2.24, 2.45) is 0 Å². The van der Waals surface area contributed by atoms with Gasteiger partial charge in [-0.25, -0.2) is 4.79 Å². The highest BCUT2D eigenvalue weighted by atomic mass is 16.6. The summed E-state index contributed by atoms with van der Waals surface area (Å²) < 4.78 is 9.74. The Morgan fingerprint density at radius 2 is 1.87 bits per heavy atom. The predicted molar refractivity (Wildman–Crippen MR) is 55.5 cm³/mol. The average Bonchev–Trinajstić information content (AvgIpc) is 2.09. The molecule has 0 radical (unpaired) electrons. The molecule has 0 atom stereocenters. The summed E-state index contributed by atoms with van der Waals surface area (Å²) in [6.45, 7) is 7.49. The molecular formula is C10H19NO4. The summed E-state index contributed by atoms with van der Waals surface area (Å²) in [5.41, 5.74) is -0.510. The van der Waals surface area contributed by atoms with E-state index in [1.165, 1.54) is 0 Å². The zero-order valence-electron chi connectivity index (χ0n) is 9.75. The lowest BCUT2D eigenvalue weighted by atomic mass is 10.2. The lowest BCUT2D eigenvalue weighted by molar-refractivity contribution is -0.143. The standard InChI is InChI=1S/C10H19NO4/c1-5-8(12)14-7-6-11-9(13)15-10(2,3)4/h5-7H2,1-4H3,(H,11,13). The molecule has 0 rings (SSSR count). The van der Waals surface area contributed by atoms with Gasteiger partial charge in [-0.1, -0.05) is 6.92 Å². The average molecular weight is 217 g/mol. The number of hydrogen-bond donors (Lipinski definition) is 1. The quantitative estimate of drug-likeness (QED) is 0.572. The van der Waals surface area contributed by atoms with Crippen LogP contribution in [0.2, 0.25) is 0 Å². The van der Waals surface area contributed by atoms with Crippen molar-refractivity contribution in [2.75, 3.05) is 13.2 Å². The molecule has 1 N–H and O–H groups in total. The van der Waals surface area contributed by atoms with Crippen molar-refractivity contribution in [3.63, 3.8) is 0 Å². The normalized spacial score (nSPS) is 10.7. The van der Waals surface area contributed by atoms with Gasteiger partial charge in [-0.15, -0.1) is 0 Å². The van der Waals surface area contributed by atoms with Crippen LogP contribution in [0, 0.1) is 0 Å². The van der Waals surface area contributed by atoms with Crippen LogP contribution in [0.3, 0.4) is 0 Å². The topological polar surface area (TPSA) is 64.6 Å². The van der Waals surface area contributed by atoms with Gasteiger partial charge in [0, 0.05) is 6.42 Å². The first-order valence-corrected chi connectivity index (χ1v) is 4.97. The van der Waals surface area contributed by atoms with E-state index in [-0.39, 0.29) is 19.1 Å². The van der Waals surface area contributed by atoms with Gasteiger partial charge < -0.3 is 14.8 Å². The Morgan fingerprint density at radius 3 is 2.33 bits per heavy atom. The summed E-state index contributed by atoms with van der Waals surface area (Å²) in [6.07, 6.45) is -0.165. The van der Waals surface area contributed by atoms with Crippen LogP contribution < -0.4 is 5.32 Å². The van der Waals surface area contributed by atoms with Gasteiger partial charge in [0.25, 0.3) is 0 Å². The largest absolute Gasteiger partial charge is 0.464 e. The summed E-state index contributed by atoms with van der Waals surface area (Å²) >= 11 is 0. The van der Waals surface area contributed by atoms with Crippen LogP contribution in [0.4, 0.5) is 4.79 Å². The van der Waals surface area contributed by atoms with Crippen LogP contribution in [0.15, 0.2) is 0 Å². The van der Waals surface area contributed by atoms with E-state index in [2.05, 4.69) is 5.32 Å². The molecule has 5 heteroatoms. The van der Waals surface area contributed by atoms with E-state index in [1.807, 2.05) is 0 Å². The van der Waals surface area contributed by atoms with Crippen LogP contribution in [-0.4, -0.2) is 30.8 Å². The minimum atomic E-state index is -0.510. The molecule has 15 heavy (non-hydrogen) atoms. The fourth-order valence-corrected chi connectivity index (χ4v) is 0.734. The van der Waals surface area contributed by atoms with Gasteiger partial charge in [-0.05, 0) is 20.8 Å². The Bertz CT molecular complexity index is 220. The number of hydrogen-bond acceptors (Lipinski definition) is 4. The Labute approximate surface area is 90.1 Å². The van der Waals surface area contributed by atoms with Crippen molar-refractivity contribution in [1.82, 2.24) is 5.32 Å². The monoisotopic (exact) mass is 217 g/mol. The molecule has 0 aliphatic heterocycles. The van der Waals surface area contributed by atoms with Crippen LogP contribution >= 0.6 is 0 Å². The van der Waals surface area contributed by atoms with Crippen molar-refractivity contribution < 1.29 is 19.1 Å². The van der Waals surface area contributed by atoms with Gasteiger partial charge in [0.2, 0.25) is 0 Å². The molecule has 0 aromatic rings. The van der Waals surface area contributed by atoms with E-state index in [1.54, 1.807) is 27.7 Å². The third-order valence-corrected chi connectivity index (χ3v) is 1.32. The van der Waals surface area contributed by atoms with Crippen molar-refractivity contribution >= 4 is 12.1 Å². The van der Waals surface area contributed by atoms with Crippen molar-refractivity contribution in [2.45, 2.75) is 39.7 Å². The van der Waals surface area contributed by atoms with E-state index in [9.17, 15) is 9.59 Å². The molecule has 0 saturated heterocycles. The minimum absolute atomic E-state index is 0.173. The second kappa shape index (κ2) is 6.27.